The number of nitrogens with zero attached hydrogens (tertiary/aromatic N) is 1. The minimum absolute atomic E-state index is 0.0101. The molecule has 0 radical (unpaired) electrons. The van der Waals surface area contributed by atoms with E-state index in [4.69, 9.17) is 0 Å². The van der Waals surface area contributed by atoms with E-state index in [9.17, 15) is 18.0 Å². The number of rotatable bonds is 4. The Hall–Kier alpha value is -1.59. The summed E-state index contributed by atoms with van der Waals surface area (Å²) in [5.41, 5.74) is 0.113. The maximum atomic E-state index is 11.9. The molecule has 0 fully saturated rings. The predicted octanol–water partition coefficient (Wildman–Crippen LogP) is 2.62. The molecule has 0 bridgehead atoms. The highest BCUT2D eigenvalue weighted by Crippen LogP contribution is 2.18. The molecule has 0 unspecified atom stereocenters. The van der Waals surface area contributed by atoms with Gasteiger partial charge in [-0.15, -0.1) is 0 Å². The summed E-state index contributed by atoms with van der Waals surface area (Å²) in [6.45, 7) is 0.268. The molecule has 0 saturated heterocycles. The van der Waals surface area contributed by atoms with E-state index in [0.29, 0.717) is 0 Å². The second-order valence-electron chi connectivity index (χ2n) is 3.06. The molecule has 0 spiro atoms. The molecular weight excluding hydrogens is 223 g/mol. The van der Waals surface area contributed by atoms with Gasteiger partial charge in [0.05, 0.1) is 0 Å². The van der Waals surface area contributed by atoms with Crippen LogP contribution in [0.2, 0.25) is 0 Å². The molecular formula is C10H10F3NO2. The zero-order chi connectivity index (χ0) is 12.2. The van der Waals surface area contributed by atoms with Gasteiger partial charge in [-0.25, -0.2) is 0 Å². The third-order valence-electron chi connectivity index (χ3n) is 1.74. The van der Waals surface area contributed by atoms with Gasteiger partial charge < -0.3 is 4.74 Å². The van der Waals surface area contributed by atoms with Crippen molar-refractivity contribution in [1.29, 1.82) is 0 Å². The lowest BCUT2D eigenvalue weighted by atomic mass is 10.2. The van der Waals surface area contributed by atoms with Gasteiger partial charge in [0, 0.05) is 18.7 Å². The molecule has 0 N–H and O–H groups in total. The van der Waals surface area contributed by atoms with Crippen LogP contribution in [0.3, 0.4) is 0 Å². The molecule has 1 heterocycles. The molecule has 0 atom stereocenters. The Morgan fingerprint density at radius 2 is 2.19 bits per heavy atom. The molecule has 3 nitrogen and oxygen atoms in total. The standard InChI is InChI=1S/C10H10F3NO2/c1-2-9(15)8-5-7(3-4-14-8)16-6-10(11,12)13/h3-5H,2,6H2,1H3. The van der Waals surface area contributed by atoms with Crippen molar-refractivity contribution in [2.24, 2.45) is 0 Å². The number of carbonyl (C=O) groups is 1. The van der Waals surface area contributed by atoms with Crippen LogP contribution in [-0.4, -0.2) is 23.6 Å². The topological polar surface area (TPSA) is 39.2 Å². The van der Waals surface area contributed by atoms with Crippen molar-refractivity contribution < 1.29 is 22.7 Å². The van der Waals surface area contributed by atoms with Gasteiger partial charge >= 0.3 is 6.18 Å². The van der Waals surface area contributed by atoms with Crippen molar-refractivity contribution in [3.8, 4) is 5.75 Å². The van der Waals surface area contributed by atoms with Crippen LogP contribution >= 0.6 is 0 Å². The number of carbonyl (C=O) groups excluding carboxylic acids is 1. The van der Waals surface area contributed by atoms with Gasteiger partial charge in [-0.05, 0) is 6.07 Å². The number of pyridine rings is 1. The van der Waals surface area contributed by atoms with Crippen LogP contribution in [0.5, 0.6) is 5.75 Å². The maximum absolute atomic E-state index is 11.9. The minimum atomic E-state index is -4.39. The fraction of sp³-hybridized carbons (Fsp3) is 0.400. The van der Waals surface area contributed by atoms with E-state index in [1.807, 2.05) is 0 Å². The van der Waals surface area contributed by atoms with Crippen LogP contribution in [0, 0.1) is 0 Å². The van der Waals surface area contributed by atoms with Gasteiger partial charge in [-0.3, -0.25) is 9.78 Å². The molecule has 0 aliphatic rings. The van der Waals surface area contributed by atoms with Crippen LogP contribution in [0.15, 0.2) is 18.3 Å². The zero-order valence-electron chi connectivity index (χ0n) is 8.54. The summed E-state index contributed by atoms with van der Waals surface area (Å²) in [4.78, 5) is 15.0. The molecule has 1 aromatic rings. The van der Waals surface area contributed by atoms with E-state index in [1.54, 1.807) is 6.92 Å². The first-order valence-corrected chi connectivity index (χ1v) is 4.61. The van der Waals surface area contributed by atoms with Crippen molar-refractivity contribution in [2.45, 2.75) is 19.5 Å². The molecule has 0 aliphatic carbocycles. The van der Waals surface area contributed by atoms with Crippen LogP contribution in [0.25, 0.3) is 0 Å². The van der Waals surface area contributed by atoms with Gasteiger partial charge in [-0.1, -0.05) is 6.92 Å². The van der Waals surface area contributed by atoms with Crippen molar-refractivity contribution in [1.82, 2.24) is 4.98 Å². The summed E-state index contributed by atoms with van der Waals surface area (Å²) in [5.74, 6) is -0.249. The third-order valence-corrected chi connectivity index (χ3v) is 1.74. The Morgan fingerprint density at radius 1 is 1.50 bits per heavy atom. The normalized spacial score (nSPS) is 11.2. The van der Waals surface area contributed by atoms with Gasteiger partial charge in [0.15, 0.2) is 12.4 Å². The first-order valence-electron chi connectivity index (χ1n) is 4.61. The van der Waals surface area contributed by atoms with Crippen molar-refractivity contribution >= 4 is 5.78 Å². The minimum Gasteiger partial charge on any atom is -0.484 e. The molecule has 0 aliphatic heterocycles. The van der Waals surface area contributed by atoms with E-state index in [2.05, 4.69) is 9.72 Å². The van der Waals surface area contributed by atoms with E-state index < -0.39 is 12.8 Å². The average Bonchev–Trinajstić information content (AvgIpc) is 2.25. The van der Waals surface area contributed by atoms with E-state index in [0.717, 1.165) is 0 Å². The number of aromatic nitrogens is 1. The first-order chi connectivity index (χ1) is 7.42. The highest BCUT2D eigenvalue weighted by Gasteiger charge is 2.28. The Balaban J connectivity index is 2.71. The first kappa shape index (κ1) is 12.5. The highest BCUT2D eigenvalue weighted by molar-refractivity contribution is 5.94. The largest absolute Gasteiger partial charge is 0.484 e. The third kappa shape index (κ3) is 3.88. The Morgan fingerprint density at radius 3 is 2.75 bits per heavy atom. The van der Waals surface area contributed by atoms with Crippen molar-refractivity contribution in [3.05, 3.63) is 24.0 Å². The SMILES string of the molecule is CCC(=O)c1cc(OCC(F)(F)F)ccn1. The number of ether oxygens (including phenoxy) is 1. The molecule has 16 heavy (non-hydrogen) atoms. The van der Waals surface area contributed by atoms with E-state index in [1.165, 1.54) is 18.3 Å². The smallest absolute Gasteiger partial charge is 0.422 e. The summed E-state index contributed by atoms with van der Waals surface area (Å²) in [5, 5.41) is 0. The van der Waals surface area contributed by atoms with E-state index >= 15 is 0 Å². The fourth-order valence-electron chi connectivity index (χ4n) is 1.000. The molecule has 1 rings (SSSR count). The maximum Gasteiger partial charge on any atom is 0.422 e. The molecule has 0 saturated carbocycles. The number of hydrogen-bond acceptors (Lipinski definition) is 3. The molecule has 88 valence electrons. The van der Waals surface area contributed by atoms with Crippen LogP contribution in [0.4, 0.5) is 13.2 Å². The number of alkyl halides is 3. The lowest BCUT2D eigenvalue weighted by molar-refractivity contribution is -0.153. The average molecular weight is 233 g/mol. The number of Topliss-reactive ketones (excluding diaryl/α,β-unsaturated/α-hetero) is 1. The number of hydrogen-bond donors (Lipinski definition) is 0. The van der Waals surface area contributed by atoms with Crippen LogP contribution in [-0.2, 0) is 0 Å². The summed E-state index contributed by atoms with van der Waals surface area (Å²) < 4.78 is 40.1. The second kappa shape index (κ2) is 4.96. The lowest BCUT2D eigenvalue weighted by Gasteiger charge is -2.09. The molecule has 1 aromatic heterocycles. The zero-order valence-corrected chi connectivity index (χ0v) is 8.54. The Bertz CT molecular complexity index is 377. The van der Waals surface area contributed by atoms with Crippen LogP contribution < -0.4 is 4.74 Å². The summed E-state index contributed by atoms with van der Waals surface area (Å²) in [6, 6.07) is 2.48. The second-order valence-corrected chi connectivity index (χ2v) is 3.06. The quantitative estimate of drug-likeness (QED) is 0.750. The summed E-state index contributed by atoms with van der Waals surface area (Å²) in [6.07, 6.45) is -2.90. The molecule has 0 aromatic carbocycles. The fourth-order valence-corrected chi connectivity index (χ4v) is 1.000. The number of halogens is 3. The van der Waals surface area contributed by atoms with E-state index in [-0.39, 0.29) is 23.6 Å². The molecule has 0 amide bonds. The van der Waals surface area contributed by atoms with Gasteiger partial charge in [0.1, 0.15) is 11.4 Å². The monoisotopic (exact) mass is 233 g/mol. The highest BCUT2D eigenvalue weighted by atomic mass is 19.4. The van der Waals surface area contributed by atoms with Gasteiger partial charge in [-0.2, -0.15) is 13.2 Å². The van der Waals surface area contributed by atoms with Crippen LogP contribution in [0.1, 0.15) is 23.8 Å². The van der Waals surface area contributed by atoms with Crippen molar-refractivity contribution in [2.75, 3.05) is 6.61 Å². The lowest BCUT2D eigenvalue weighted by Crippen LogP contribution is -2.19. The van der Waals surface area contributed by atoms with Crippen molar-refractivity contribution in [3.63, 3.8) is 0 Å². The van der Waals surface area contributed by atoms with Gasteiger partial charge in [0.25, 0.3) is 0 Å². The molecule has 6 heteroatoms. The number of ketones is 1. The summed E-state index contributed by atoms with van der Waals surface area (Å²) in [7, 11) is 0. The Labute approximate surface area is 90.2 Å². The van der Waals surface area contributed by atoms with Gasteiger partial charge in [0.2, 0.25) is 0 Å². The summed E-state index contributed by atoms with van der Waals surface area (Å²) >= 11 is 0. The Kier molecular flexibility index (Phi) is 3.87. The predicted molar refractivity (Wildman–Crippen MR) is 50.4 cm³/mol.